The first-order valence-corrected chi connectivity index (χ1v) is 7.75. The topological polar surface area (TPSA) is 74.3 Å². The van der Waals surface area contributed by atoms with Crippen LogP contribution in [0.5, 0.6) is 0 Å². The number of hydrogen-bond acceptors (Lipinski definition) is 6. The van der Waals surface area contributed by atoms with Crippen LogP contribution < -0.4 is 0 Å². The highest BCUT2D eigenvalue weighted by Crippen LogP contribution is 2.23. The van der Waals surface area contributed by atoms with Crippen molar-refractivity contribution in [2.24, 2.45) is 7.05 Å². The van der Waals surface area contributed by atoms with Crippen LogP contribution in [-0.4, -0.2) is 21.3 Å². The smallest absolute Gasteiger partial charge is 0.355 e. The number of Topliss-reactive ketones (excluding diaryl/α,β-unsaturated/α-hetero) is 1. The Kier molecular flexibility index (Phi) is 4.12. The molecule has 118 valence electrons. The Bertz CT molecular complexity index is 845. The molecule has 0 atom stereocenters. The van der Waals surface area contributed by atoms with Gasteiger partial charge in [0.25, 0.3) is 0 Å². The summed E-state index contributed by atoms with van der Waals surface area (Å²) in [4.78, 5) is 28.6. The molecule has 3 rings (SSSR count). The van der Waals surface area contributed by atoms with Crippen molar-refractivity contribution in [2.75, 3.05) is 0 Å². The molecule has 3 aromatic rings. The van der Waals surface area contributed by atoms with E-state index in [1.54, 1.807) is 17.8 Å². The monoisotopic (exact) mass is 330 g/mol. The van der Waals surface area contributed by atoms with Crippen molar-refractivity contribution in [1.82, 2.24) is 9.55 Å². The molecule has 0 radical (unpaired) electrons. The summed E-state index contributed by atoms with van der Waals surface area (Å²) in [6.45, 7) is 1.46. The zero-order chi connectivity index (χ0) is 16.4. The van der Waals surface area contributed by atoms with Crippen LogP contribution in [0.15, 0.2) is 40.5 Å². The fourth-order valence-electron chi connectivity index (χ4n) is 2.06. The molecule has 0 aromatic carbocycles. The SMILES string of the molecule is CC(=O)c1cc(C(=O)OCc2coc(-c3cccs3)n2)n(C)c1. The molecule has 7 heteroatoms. The van der Waals surface area contributed by atoms with Gasteiger partial charge in [0.2, 0.25) is 5.89 Å². The van der Waals surface area contributed by atoms with Crippen molar-refractivity contribution in [2.45, 2.75) is 13.5 Å². The average molecular weight is 330 g/mol. The number of carbonyl (C=O) groups excluding carboxylic acids is 2. The highest BCUT2D eigenvalue weighted by atomic mass is 32.1. The zero-order valence-electron chi connectivity index (χ0n) is 12.6. The van der Waals surface area contributed by atoms with Gasteiger partial charge in [-0.1, -0.05) is 6.07 Å². The Balaban J connectivity index is 1.66. The standard InChI is InChI=1S/C16H14N2O4S/c1-10(19)11-6-13(18(2)7-11)16(20)22-9-12-8-21-15(17-12)14-4-3-5-23-14/h3-8H,9H2,1-2H3. The average Bonchev–Trinajstić information content (AvgIpc) is 3.24. The summed E-state index contributed by atoms with van der Waals surface area (Å²) in [5.41, 5.74) is 1.32. The fourth-order valence-corrected chi connectivity index (χ4v) is 2.72. The molecule has 0 saturated heterocycles. The second kappa shape index (κ2) is 6.21. The van der Waals surface area contributed by atoms with Crippen LogP contribution in [0.1, 0.15) is 33.5 Å². The number of ketones is 1. The van der Waals surface area contributed by atoms with Crippen molar-refractivity contribution in [3.8, 4) is 10.8 Å². The first-order valence-electron chi connectivity index (χ1n) is 6.87. The lowest BCUT2D eigenvalue weighted by molar-refractivity contribution is 0.0456. The number of thiophene rings is 1. The van der Waals surface area contributed by atoms with Crippen LogP contribution in [-0.2, 0) is 18.4 Å². The Hall–Kier alpha value is -2.67. The summed E-state index contributed by atoms with van der Waals surface area (Å²) >= 11 is 1.52. The quantitative estimate of drug-likeness (QED) is 0.530. The predicted octanol–water partition coefficient (Wildman–Crippen LogP) is 3.30. The summed E-state index contributed by atoms with van der Waals surface area (Å²) < 4.78 is 12.2. The normalized spacial score (nSPS) is 10.7. The van der Waals surface area contributed by atoms with Gasteiger partial charge in [0, 0.05) is 18.8 Å². The number of rotatable bonds is 5. The van der Waals surface area contributed by atoms with E-state index < -0.39 is 5.97 Å². The number of aryl methyl sites for hydroxylation is 1. The van der Waals surface area contributed by atoms with Gasteiger partial charge < -0.3 is 13.7 Å². The van der Waals surface area contributed by atoms with Crippen molar-refractivity contribution in [3.63, 3.8) is 0 Å². The second-order valence-corrected chi connectivity index (χ2v) is 5.93. The molecule has 23 heavy (non-hydrogen) atoms. The summed E-state index contributed by atoms with van der Waals surface area (Å²) in [5, 5.41) is 1.93. The van der Waals surface area contributed by atoms with E-state index in [2.05, 4.69) is 4.98 Å². The Morgan fingerprint density at radius 1 is 1.43 bits per heavy atom. The lowest BCUT2D eigenvalue weighted by Gasteiger charge is -2.03. The summed E-state index contributed by atoms with van der Waals surface area (Å²) in [6.07, 6.45) is 3.07. The number of ether oxygens (including phenoxy) is 1. The van der Waals surface area contributed by atoms with Crippen LogP contribution in [0, 0.1) is 0 Å². The molecule has 0 N–H and O–H groups in total. The van der Waals surface area contributed by atoms with Crippen LogP contribution >= 0.6 is 11.3 Å². The van der Waals surface area contributed by atoms with Crippen LogP contribution in [0.4, 0.5) is 0 Å². The molecule has 3 heterocycles. The molecule has 0 unspecified atom stereocenters. The summed E-state index contributed by atoms with van der Waals surface area (Å²) in [7, 11) is 1.69. The van der Waals surface area contributed by atoms with E-state index in [4.69, 9.17) is 9.15 Å². The molecule has 0 aliphatic rings. The number of esters is 1. The Labute approximate surface area is 136 Å². The van der Waals surface area contributed by atoms with Gasteiger partial charge in [0.05, 0.1) is 4.88 Å². The number of nitrogens with zero attached hydrogens (tertiary/aromatic N) is 2. The second-order valence-electron chi connectivity index (χ2n) is 4.98. The highest BCUT2D eigenvalue weighted by Gasteiger charge is 2.16. The molecule has 6 nitrogen and oxygen atoms in total. The minimum atomic E-state index is -0.513. The van der Waals surface area contributed by atoms with E-state index in [1.807, 2.05) is 17.5 Å². The molecular formula is C16H14N2O4S. The van der Waals surface area contributed by atoms with Gasteiger partial charge in [-0.2, -0.15) is 0 Å². The van der Waals surface area contributed by atoms with E-state index in [-0.39, 0.29) is 12.4 Å². The third-order valence-electron chi connectivity index (χ3n) is 3.26. The fraction of sp³-hybridized carbons (Fsp3) is 0.188. The number of oxazole rings is 1. The van der Waals surface area contributed by atoms with Gasteiger partial charge in [-0.3, -0.25) is 4.79 Å². The maximum atomic E-state index is 12.1. The number of hydrogen-bond donors (Lipinski definition) is 0. The molecular weight excluding hydrogens is 316 g/mol. The first kappa shape index (κ1) is 15.2. The minimum Gasteiger partial charge on any atom is -0.454 e. The van der Waals surface area contributed by atoms with Crippen molar-refractivity contribution in [1.29, 1.82) is 0 Å². The van der Waals surface area contributed by atoms with Gasteiger partial charge in [0.15, 0.2) is 5.78 Å². The molecule has 0 spiro atoms. The van der Waals surface area contributed by atoms with Gasteiger partial charge in [-0.25, -0.2) is 9.78 Å². The van der Waals surface area contributed by atoms with Crippen molar-refractivity contribution in [3.05, 3.63) is 53.0 Å². The zero-order valence-corrected chi connectivity index (χ0v) is 13.4. The largest absolute Gasteiger partial charge is 0.454 e. The van der Waals surface area contributed by atoms with Gasteiger partial charge in [0.1, 0.15) is 24.3 Å². The third-order valence-corrected chi connectivity index (χ3v) is 4.11. The molecule has 0 amide bonds. The predicted molar refractivity (Wildman–Crippen MR) is 84.4 cm³/mol. The molecule has 0 fully saturated rings. The van der Waals surface area contributed by atoms with Crippen LogP contribution in [0.25, 0.3) is 10.8 Å². The maximum Gasteiger partial charge on any atom is 0.355 e. The Morgan fingerprint density at radius 3 is 2.91 bits per heavy atom. The highest BCUT2D eigenvalue weighted by molar-refractivity contribution is 7.13. The molecule has 3 aromatic heterocycles. The van der Waals surface area contributed by atoms with E-state index in [0.717, 1.165) is 4.88 Å². The van der Waals surface area contributed by atoms with Gasteiger partial charge >= 0.3 is 5.97 Å². The van der Waals surface area contributed by atoms with Crippen molar-refractivity contribution >= 4 is 23.1 Å². The molecule has 0 saturated carbocycles. The van der Waals surface area contributed by atoms with Gasteiger partial charge in [-0.05, 0) is 24.4 Å². The van der Waals surface area contributed by atoms with Crippen molar-refractivity contribution < 1.29 is 18.7 Å². The van der Waals surface area contributed by atoms with Crippen LogP contribution in [0.2, 0.25) is 0 Å². The molecule has 0 aliphatic carbocycles. The molecule has 0 bridgehead atoms. The molecule has 0 aliphatic heterocycles. The van der Waals surface area contributed by atoms with Gasteiger partial charge in [-0.15, -0.1) is 11.3 Å². The van der Waals surface area contributed by atoms with E-state index in [9.17, 15) is 9.59 Å². The third kappa shape index (κ3) is 3.24. The summed E-state index contributed by atoms with van der Waals surface area (Å²) in [6, 6.07) is 5.33. The summed E-state index contributed by atoms with van der Waals surface area (Å²) in [5.74, 6) is -0.110. The van der Waals surface area contributed by atoms with E-state index >= 15 is 0 Å². The van der Waals surface area contributed by atoms with Crippen LogP contribution in [0.3, 0.4) is 0 Å². The minimum absolute atomic E-state index is 0.00823. The lowest BCUT2D eigenvalue weighted by atomic mass is 10.2. The maximum absolute atomic E-state index is 12.1. The van der Waals surface area contributed by atoms with E-state index in [1.165, 1.54) is 30.6 Å². The Morgan fingerprint density at radius 2 is 2.26 bits per heavy atom. The number of carbonyl (C=O) groups is 2. The lowest BCUT2D eigenvalue weighted by Crippen LogP contribution is -2.09. The first-order chi connectivity index (χ1) is 11.0. The van der Waals surface area contributed by atoms with E-state index in [0.29, 0.717) is 22.8 Å². The number of aromatic nitrogens is 2.